The zero-order valence-electron chi connectivity index (χ0n) is 12.5. The van der Waals surface area contributed by atoms with Gasteiger partial charge in [0.2, 0.25) is 0 Å². The third-order valence-corrected chi connectivity index (χ3v) is 4.53. The second-order valence-electron chi connectivity index (χ2n) is 5.49. The number of hydrogen-bond donors (Lipinski definition) is 2. The van der Waals surface area contributed by atoms with Crippen LogP contribution in [0.25, 0.3) is 0 Å². The summed E-state index contributed by atoms with van der Waals surface area (Å²) >= 11 is 3.09. The van der Waals surface area contributed by atoms with E-state index in [9.17, 15) is 9.18 Å². The van der Waals surface area contributed by atoms with Crippen LogP contribution in [-0.2, 0) is 4.74 Å². The Hall–Kier alpha value is -0.690. The van der Waals surface area contributed by atoms with E-state index >= 15 is 0 Å². The van der Waals surface area contributed by atoms with Crippen molar-refractivity contribution < 1.29 is 13.9 Å². The van der Waals surface area contributed by atoms with Crippen LogP contribution in [0.1, 0.15) is 23.2 Å². The van der Waals surface area contributed by atoms with E-state index in [-0.39, 0.29) is 29.5 Å². The molecule has 1 aromatic carbocycles. The van der Waals surface area contributed by atoms with E-state index < -0.39 is 0 Å². The van der Waals surface area contributed by atoms with Gasteiger partial charge in [0.05, 0.1) is 11.1 Å². The second kappa shape index (κ2) is 8.82. The number of halogens is 3. The molecule has 0 saturated carbocycles. The lowest BCUT2D eigenvalue weighted by Crippen LogP contribution is -2.47. The summed E-state index contributed by atoms with van der Waals surface area (Å²) in [6.07, 6.45) is 1.93. The molecule has 1 aromatic rings. The normalized spacial score (nSPS) is 16.7. The Balaban J connectivity index is 0.00000242. The zero-order valence-corrected chi connectivity index (χ0v) is 14.9. The highest BCUT2D eigenvalue weighted by atomic mass is 79.9. The van der Waals surface area contributed by atoms with E-state index in [2.05, 4.69) is 26.6 Å². The van der Waals surface area contributed by atoms with Crippen molar-refractivity contribution in [1.82, 2.24) is 10.6 Å². The fourth-order valence-electron chi connectivity index (χ4n) is 2.64. The average molecular weight is 396 g/mol. The quantitative estimate of drug-likeness (QED) is 0.806. The number of rotatable bonds is 5. The Morgan fingerprint density at radius 3 is 2.73 bits per heavy atom. The fraction of sp³-hybridized carbons (Fsp3) is 0.533. The molecule has 1 amide bonds. The average Bonchev–Trinajstić information content (AvgIpc) is 2.49. The first-order valence-corrected chi connectivity index (χ1v) is 7.78. The standard InChI is InChI=1S/C15H20BrFN2O2.ClH/c1-21-10-15(4-6-18-7-5-15)9-19-14(20)11-2-3-13(17)12(16)8-11;/h2-3,8,18H,4-7,9-10H2,1H3,(H,19,20);1H. The van der Waals surface area contributed by atoms with E-state index in [4.69, 9.17) is 4.74 Å². The van der Waals surface area contributed by atoms with Gasteiger partial charge in [0.25, 0.3) is 5.91 Å². The molecule has 2 N–H and O–H groups in total. The van der Waals surface area contributed by atoms with Crippen molar-refractivity contribution in [2.24, 2.45) is 5.41 Å². The lowest BCUT2D eigenvalue weighted by Gasteiger charge is -2.37. The van der Waals surface area contributed by atoms with Gasteiger partial charge in [0.15, 0.2) is 0 Å². The van der Waals surface area contributed by atoms with Gasteiger partial charge < -0.3 is 15.4 Å². The van der Waals surface area contributed by atoms with Gasteiger partial charge >= 0.3 is 0 Å². The highest BCUT2D eigenvalue weighted by molar-refractivity contribution is 9.10. The molecular formula is C15H21BrClFN2O2. The summed E-state index contributed by atoms with van der Waals surface area (Å²) in [5, 5.41) is 6.27. The minimum atomic E-state index is -0.374. The first-order chi connectivity index (χ1) is 10.1. The van der Waals surface area contributed by atoms with Crippen LogP contribution in [0.5, 0.6) is 0 Å². The highest BCUT2D eigenvalue weighted by Crippen LogP contribution is 2.28. The maximum Gasteiger partial charge on any atom is 0.251 e. The van der Waals surface area contributed by atoms with E-state index in [1.165, 1.54) is 18.2 Å². The van der Waals surface area contributed by atoms with E-state index in [0.717, 1.165) is 25.9 Å². The molecule has 0 spiro atoms. The number of nitrogens with one attached hydrogen (secondary N) is 2. The molecule has 124 valence electrons. The summed E-state index contributed by atoms with van der Waals surface area (Å²) in [7, 11) is 1.68. The Morgan fingerprint density at radius 2 is 2.14 bits per heavy atom. The Labute approximate surface area is 144 Å². The summed E-state index contributed by atoms with van der Waals surface area (Å²) < 4.78 is 18.8. The van der Waals surface area contributed by atoms with Gasteiger partial charge in [-0.3, -0.25) is 4.79 Å². The third-order valence-electron chi connectivity index (χ3n) is 3.92. The summed E-state index contributed by atoms with van der Waals surface area (Å²) in [5.74, 6) is -0.564. The molecule has 0 atom stereocenters. The molecule has 1 fully saturated rings. The van der Waals surface area contributed by atoms with Gasteiger partial charge in [-0.05, 0) is 60.1 Å². The molecule has 0 radical (unpaired) electrons. The molecule has 4 nitrogen and oxygen atoms in total. The van der Waals surface area contributed by atoms with Crippen LogP contribution in [0, 0.1) is 11.2 Å². The molecule has 22 heavy (non-hydrogen) atoms. The molecule has 0 unspecified atom stereocenters. The molecule has 2 rings (SSSR count). The first-order valence-electron chi connectivity index (χ1n) is 6.99. The number of carbonyl (C=O) groups excluding carboxylic acids is 1. The van der Waals surface area contributed by atoms with Gasteiger partial charge in [0.1, 0.15) is 5.82 Å². The van der Waals surface area contributed by atoms with E-state index in [1.54, 1.807) is 7.11 Å². The van der Waals surface area contributed by atoms with Gasteiger partial charge in [-0.1, -0.05) is 0 Å². The lowest BCUT2D eigenvalue weighted by molar-refractivity contribution is 0.0511. The van der Waals surface area contributed by atoms with Gasteiger partial charge in [-0.15, -0.1) is 12.4 Å². The summed E-state index contributed by atoms with van der Waals surface area (Å²) in [5.41, 5.74) is 0.428. The number of carbonyl (C=O) groups is 1. The molecule has 0 bridgehead atoms. The van der Waals surface area contributed by atoms with Crippen molar-refractivity contribution in [3.05, 3.63) is 34.1 Å². The molecule has 1 heterocycles. The van der Waals surface area contributed by atoms with E-state index in [1.807, 2.05) is 0 Å². The number of ether oxygens (including phenoxy) is 1. The minimum Gasteiger partial charge on any atom is -0.384 e. The van der Waals surface area contributed by atoms with Crippen LogP contribution in [-0.4, -0.2) is 39.3 Å². The molecular weight excluding hydrogens is 375 g/mol. The van der Waals surface area contributed by atoms with Crippen LogP contribution < -0.4 is 10.6 Å². The number of methoxy groups -OCH3 is 1. The van der Waals surface area contributed by atoms with Gasteiger partial charge in [-0.2, -0.15) is 0 Å². The molecule has 1 aliphatic rings. The summed E-state index contributed by atoms with van der Waals surface area (Å²) in [6.45, 7) is 3.06. The monoisotopic (exact) mass is 394 g/mol. The van der Waals surface area contributed by atoms with Crippen molar-refractivity contribution in [3.63, 3.8) is 0 Å². The van der Waals surface area contributed by atoms with Crippen LogP contribution in [0.15, 0.2) is 22.7 Å². The maximum atomic E-state index is 13.2. The van der Waals surface area contributed by atoms with E-state index in [0.29, 0.717) is 23.2 Å². The molecule has 1 saturated heterocycles. The fourth-order valence-corrected chi connectivity index (χ4v) is 3.02. The number of hydrogen-bond acceptors (Lipinski definition) is 3. The van der Waals surface area contributed by atoms with Crippen molar-refractivity contribution in [1.29, 1.82) is 0 Å². The lowest BCUT2D eigenvalue weighted by atomic mass is 9.79. The van der Waals surface area contributed by atoms with Crippen molar-refractivity contribution in [2.45, 2.75) is 12.8 Å². The third kappa shape index (κ3) is 4.91. The SMILES string of the molecule is COCC1(CNC(=O)c2ccc(F)c(Br)c2)CCNCC1.Cl. The van der Waals surface area contributed by atoms with Crippen LogP contribution in [0.4, 0.5) is 4.39 Å². The molecule has 0 aromatic heterocycles. The first kappa shape index (κ1) is 19.4. The Bertz CT molecular complexity index is 505. The smallest absolute Gasteiger partial charge is 0.251 e. The predicted octanol–water partition coefficient (Wildman–Crippen LogP) is 2.76. The topological polar surface area (TPSA) is 50.4 Å². The molecule has 0 aliphatic carbocycles. The predicted molar refractivity (Wildman–Crippen MR) is 90.1 cm³/mol. The van der Waals surface area contributed by atoms with Crippen molar-refractivity contribution in [3.8, 4) is 0 Å². The van der Waals surface area contributed by atoms with Crippen LogP contribution in [0.2, 0.25) is 0 Å². The Kier molecular flexibility index (Phi) is 7.76. The maximum absolute atomic E-state index is 13.2. The Morgan fingerprint density at radius 1 is 1.45 bits per heavy atom. The highest BCUT2D eigenvalue weighted by Gasteiger charge is 2.32. The van der Waals surface area contributed by atoms with Crippen molar-refractivity contribution in [2.75, 3.05) is 33.4 Å². The zero-order chi connectivity index (χ0) is 15.3. The summed E-state index contributed by atoms with van der Waals surface area (Å²) in [6, 6.07) is 4.27. The number of piperidine rings is 1. The van der Waals surface area contributed by atoms with Crippen LogP contribution >= 0.6 is 28.3 Å². The van der Waals surface area contributed by atoms with Crippen LogP contribution in [0.3, 0.4) is 0 Å². The largest absolute Gasteiger partial charge is 0.384 e. The number of benzene rings is 1. The molecule has 1 aliphatic heterocycles. The van der Waals surface area contributed by atoms with Gasteiger partial charge in [0, 0.05) is 24.6 Å². The second-order valence-corrected chi connectivity index (χ2v) is 6.35. The molecule has 7 heteroatoms. The minimum absolute atomic E-state index is 0. The summed E-state index contributed by atoms with van der Waals surface area (Å²) in [4.78, 5) is 12.2. The van der Waals surface area contributed by atoms with Crippen molar-refractivity contribution >= 4 is 34.2 Å². The van der Waals surface area contributed by atoms with Gasteiger partial charge in [-0.25, -0.2) is 4.39 Å². The number of amides is 1.